The van der Waals surface area contributed by atoms with Gasteiger partial charge in [-0.05, 0) is 113 Å². The molecule has 2 aromatic rings. The van der Waals surface area contributed by atoms with Gasteiger partial charge in [-0.1, -0.05) is 47.5 Å². The number of rotatable bonds is 6. The van der Waals surface area contributed by atoms with E-state index < -0.39 is 5.60 Å². The molecule has 1 aliphatic carbocycles. The zero-order valence-corrected chi connectivity index (χ0v) is 26.9. The van der Waals surface area contributed by atoms with Crippen LogP contribution in [-0.2, 0) is 9.53 Å². The number of likely N-dealkylation sites (N-methyl/N-ethyl adjacent to an activating group) is 1. The highest BCUT2D eigenvalue weighted by Crippen LogP contribution is 2.44. The van der Waals surface area contributed by atoms with Crippen LogP contribution < -0.4 is 0 Å². The molecule has 7 nitrogen and oxygen atoms in total. The molecule has 2 atom stereocenters. The maximum atomic E-state index is 13.9. The topological polar surface area (TPSA) is 65.5 Å². The lowest BCUT2D eigenvalue weighted by atomic mass is 9.77. The molecule has 2 heterocycles. The summed E-state index contributed by atoms with van der Waals surface area (Å²) in [4.78, 5) is 30.2. The molecule has 0 aromatic heterocycles. The van der Waals surface area contributed by atoms with Crippen LogP contribution in [-0.4, -0.2) is 64.8 Å². The molecule has 2 aliphatic heterocycles. The van der Waals surface area contributed by atoms with E-state index in [1.165, 1.54) is 0 Å². The minimum absolute atomic E-state index is 0.0596. The van der Waals surface area contributed by atoms with Gasteiger partial charge in [0.2, 0.25) is 0 Å². The van der Waals surface area contributed by atoms with Crippen molar-refractivity contribution >= 4 is 47.0 Å². The van der Waals surface area contributed by atoms with Crippen molar-refractivity contribution in [1.82, 2.24) is 14.8 Å². The number of benzene rings is 2. The van der Waals surface area contributed by atoms with Gasteiger partial charge in [-0.15, -0.1) is 0 Å². The second kappa shape index (κ2) is 13.2. The summed E-state index contributed by atoms with van der Waals surface area (Å²) in [6, 6.07) is 15.4. The van der Waals surface area contributed by atoms with Crippen LogP contribution >= 0.6 is 23.2 Å². The van der Waals surface area contributed by atoms with Crippen LogP contribution in [0.25, 0.3) is 6.08 Å². The van der Waals surface area contributed by atoms with Gasteiger partial charge in [-0.2, -0.15) is 5.10 Å². The molecule has 43 heavy (non-hydrogen) atoms. The number of carbonyl (C=O) groups excluding carboxylic acids is 2. The Morgan fingerprint density at radius 1 is 1.02 bits per heavy atom. The first-order valence-electron chi connectivity index (χ1n) is 15.0. The second-order valence-corrected chi connectivity index (χ2v) is 13.5. The Labute approximate surface area is 264 Å². The van der Waals surface area contributed by atoms with Gasteiger partial charge in [-0.25, -0.2) is 9.80 Å². The summed E-state index contributed by atoms with van der Waals surface area (Å²) >= 11 is 12.3. The van der Waals surface area contributed by atoms with Crippen LogP contribution in [0.5, 0.6) is 0 Å². The van der Waals surface area contributed by atoms with Gasteiger partial charge in [0.05, 0.1) is 18.3 Å². The van der Waals surface area contributed by atoms with E-state index in [1.807, 2.05) is 87.4 Å². The Morgan fingerprint density at radius 3 is 2.37 bits per heavy atom. The molecule has 0 saturated heterocycles. The molecule has 9 heteroatoms. The van der Waals surface area contributed by atoms with Crippen LogP contribution in [0.15, 0.2) is 71.0 Å². The van der Waals surface area contributed by atoms with E-state index in [0.717, 1.165) is 60.1 Å². The first kappa shape index (κ1) is 31.3. The molecule has 1 saturated carbocycles. The zero-order valence-electron chi connectivity index (χ0n) is 25.4. The highest BCUT2D eigenvalue weighted by atomic mass is 35.5. The van der Waals surface area contributed by atoms with Crippen molar-refractivity contribution in [3.63, 3.8) is 0 Å². The molecule has 228 valence electrons. The van der Waals surface area contributed by atoms with E-state index >= 15 is 0 Å². The largest absolute Gasteiger partial charge is 0.443 e. The number of halogens is 2. The number of carbonyl (C=O) groups is 2. The summed E-state index contributed by atoms with van der Waals surface area (Å²) in [6.45, 7) is 7.00. The summed E-state index contributed by atoms with van der Waals surface area (Å²) < 4.78 is 5.56. The highest BCUT2D eigenvalue weighted by molar-refractivity contribution is 6.30. The third kappa shape index (κ3) is 7.88. The van der Waals surface area contributed by atoms with Gasteiger partial charge in [0, 0.05) is 35.3 Å². The number of hydrogen-bond acceptors (Lipinski definition) is 5. The van der Waals surface area contributed by atoms with Crippen molar-refractivity contribution in [3.05, 3.63) is 87.0 Å². The molecule has 0 N–H and O–H groups in total. The number of hydrogen-bond donors (Lipinski definition) is 0. The number of hydrazone groups is 1. The average Bonchev–Trinajstić information content (AvgIpc) is 3.35. The molecule has 0 radical (unpaired) electrons. The molecular weight excluding hydrogens is 583 g/mol. The first-order chi connectivity index (χ1) is 20.5. The van der Waals surface area contributed by atoms with Crippen LogP contribution in [0.1, 0.15) is 70.0 Å². The number of allylic oxidation sites excluding steroid dienone is 1. The van der Waals surface area contributed by atoms with Gasteiger partial charge in [0.15, 0.2) is 0 Å². The van der Waals surface area contributed by atoms with Crippen molar-refractivity contribution in [3.8, 4) is 0 Å². The minimum atomic E-state index is -0.551. The summed E-state index contributed by atoms with van der Waals surface area (Å²) in [5.74, 6) is 0.0433. The van der Waals surface area contributed by atoms with Gasteiger partial charge >= 0.3 is 6.09 Å². The van der Waals surface area contributed by atoms with Crippen molar-refractivity contribution in [1.29, 1.82) is 0 Å². The van der Waals surface area contributed by atoms with Crippen molar-refractivity contribution in [2.75, 3.05) is 26.7 Å². The van der Waals surface area contributed by atoms with Crippen LogP contribution in [0, 0.1) is 5.92 Å². The van der Waals surface area contributed by atoms with E-state index in [0.29, 0.717) is 23.1 Å². The van der Waals surface area contributed by atoms with E-state index in [2.05, 4.69) is 6.08 Å². The first-order valence-corrected chi connectivity index (χ1v) is 15.7. The SMILES string of the molecule is CN(CC(=O)N1N=C2/C(=C\c3ccc(Cl)cc3)CCCC2C1c1ccc(Cl)cc1)CC1=CN(C(=O)OC(C)(C)C)CCC1. The molecule has 2 aromatic carbocycles. The predicted octanol–water partition coefficient (Wildman–Crippen LogP) is 7.96. The number of nitrogens with zero attached hydrogens (tertiary/aromatic N) is 4. The monoisotopic (exact) mass is 622 g/mol. The molecular formula is C34H40Cl2N4O3. The Balaban J connectivity index is 1.35. The molecule has 1 fully saturated rings. The molecule has 5 rings (SSSR count). The fraction of sp³-hybridized carbons (Fsp3) is 0.441. The zero-order chi connectivity index (χ0) is 30.7. The van der Waals surface area contributed by atoms with Crippen LogP contribution in [0.4, 0.5) is 4.79 Å². The second-order valence-electron chi connectivity index (χ2n) is 12.7. The normalized spacial score (nSPS) is 21.5. The minimum Gasteiger partial charge on any atom is -0.443 e. The lowest BCUT2D eigenvalue weighted by Gasteiger charge is -2.31. The van der Waals surface area contributed by atoms with E-state index in [4.69, 9.17) is 33.0 Å². The standard InChI is InChI=1S/C34H40Cl2N4O3/c1-34(2,3)43-33(42)39-18-6-7-24(21-39)20-38(4)22-30(41)40-32(25-12-16-28(36)17-13-25)29-9-5-8-26(31(29)37-40)19-23-10-14-27(35)15-11-23/h10-17,19,21,29,32H,5-9,18,20,22H2,1-4H3/b26-19-. The third-order valence-corrected chi connectivity index (χ3v) is 8.42. The summed E-state index contributed by atoms with van der Waals surface area (Å²) in [6.07, 6.45) is 8.34. The molecule has 2 amide bonds. The Morgan fingerprint density at radius 2 is 1.70 bits per heavy atom. The summed E-state index contributed by atoms with van der Waals surface area (Å²) in [7, 11) is 1.94. The van der Waals surface area contributed by atoms with Gasteiger partial charge in [0.1, 0.15) is 5.60 Å². The maximum absolute atomic E-state index is 13.9. The van der Waals surface area contributed by atoms with Crippen molar-refractivity contribution in [2.45, 2.75) is 64.5 Å². The Kier molecular flexibility index (Phi) is 9.64. The quantitative estimate of drug-likeness (QED) is 0.328. The maximum Gasteiger partial charge on any atom is 0.414 e. The number of fused-ring (bicyclic) bond motifs is 1. The van der Waals surface area contributed by atoms with Crippen molar-refractivity contribution in [2.24, 2.45) is 11.0 Å². The lowest BCUT2D eigenvalue weighted by molar-refractivity contribution is -0.134. The van der Waals surface area contributed by atoms with E-state index in [1.54, 1.807) is 9.91 Å². The Bertz CT molecular complexity index is 1430. The highest BCUT2D eigenvalue weighted by Gasteiger charge is 2.43. The Hall–Kier alpha value is -3.13. The fourth-order valence-electron chi connectivity index (χ4n) is 6.08. The van der Waals surface area contributed by atoms with E-state index in [-0.39, 0.29) is 30.5 Å². The van der Waals surface area contributed by atoms with Crippen molar-refractivity contribution < 1.29 is 14.3 Å². The van der Waals surface area contributed by atoms with Crippen LogP contribution in [0.3, 0.4) is 0 Å². The molecule has 2 unspecified atom stereocenters. The fourth-order valence-corrected chi connectivity index (χ4v) is 6.33. The molecule has 3 aliphatic rings. The average molecular weight is 624 g/mol. The smallest absolute Gasteiger partial charge is 0.414 e. The lowest BCUT2D eigenvalue weighted by Crippen LogP contribution is -2.40. The molecule has 0 spiro atoms. The number of amides is 2. The van der Waals surface area contributed by atoms with E-state index in [9.17, 15) is 9.59 Å². The van der Waals surface area contributed by atoms with Crippen LogP contribution in [0.2, 0.25) is 10.0 Å². The van der Waals surface area contributed by atoms with Gasteiger partial charge in [0.25, 0.3) is 5.91 Å². The summed E-state index contributed by atoms with van der Waals surface area (Å²) in [5, 5.41) is 8.08. The van der Waals surface area contributed by atoms with Gasteiger partial charge < -0.3 is 4.74 Å². The summed E-state index contributed by atoms with van der Waals surface area (Å²) in [5.41, 5.74) is 4.79. The molecule has 0 bridgehead atoms. The predicted molar refractivity (Wildman–Crippen MR) is 173 cm³/mol. The third-order valence-electron chi connectivity index (χ3n) is 7.92. The van der Waals surface area contributed by atoms with Gasteiger partial charge in [-0.3, -0.25) is 14.6 Å². The number of ether oxygens (including phenoxy) is 1.